The fourth-order valence-corrected chi connectivity index (χ4v) is 2.74. The van der Waals surface area contributed by atoms with E-state index in [9.17, 15) is 18.0 Å². The standard InChI is InChI=1S/C15H22ClN3O4S/c1-9(13(20)19-15(2,3)4)18-14(21)11-8-10(6-7-12(11)16)24(22,23)17-5/h6-9,17H,1-5H3,(H,18,21)(H,19,20). The van der Waals surface area contributed by atoms with Crippen LogP contribution in [0.1, 0.15) is 38.1 Å². The number of benzene rings is 1. The summed E-state index contributed by atoms with van der Waals surface area (Å²) in [6.07, 6.45) is 0. The molecule has 1 atom stereocenters. The zero-order valence-electron chi connectivity index (χ0n) is 14.2. The first-order chi connectivity index (χ1) is 10.9. The third kappa shape index (κ3) is 5.47. The van der Waals surface area contributed by atoms with Crippen LogP contribution in [0, 0.1) is 0 Å². The third-order valence-electron chi connectivity index (χ3n) is 3.00. The number of sulfonamides is 1. The van der Waals surface area contributed by atoms with Gasteiger partial charge in [-0.05, 0) is 52.9 Å². The molecular formula is C15H22ClN3O4S. The molecule has 0 heterocycles. The highest BCUT2D eigenvalue weighted by Gasteiger charge is 2.23. The topological polar surface area (TPSA) is 104 Å². The minimum atomic E-state index is -3.71. The van der Waals surface area contributed by atoms with Gasteiger partial charge in [0.15, 0.2) is 0 Å². The van der Waals surface area contributed by atoms with E-state index >= 15 is 0 Å². The van der Waals surface area contributed by atoms with Crippen LogP contribution in [-0.2, 0) is 14.8 Å². The number of hydrogen-bond donors (Lipinski definition) is 3. The molecule has 1 unspecified atom stereocenters. The van der Waals surface area contributed by atoms with Crippen LogP contribution in [0.15, 0.2) is 23.1 Å². The van der Waals surface area contributed by atoms with Gasteiger partial charge in [-0.1, -0.05) is 11.6 Å². The van der Waals surface area contributed by atoms with Gasteiger partial charge in [-0.2, -0.15) is 0 Å². The van der Waals surface area contributed by atoms with Crippen molar-refractivity contribution in [3.05, 3.63) is 28.8 Å². The molecule has 0 bridgehead atoms. The molecule has 1 aromatic carbocycles. The molecule has 1 aromatic rings. The molecule has 0 aliphatic heterocycles. The molecule has 0 spiro atoms. The summed E-state index contributed by atoms with van der Waals surface area (Å²) in [6, 6.07) is 2.97. The normalized spacial score (nSPS) is 13.2. The van der Waals surface area contributed by atoms with Crippen LogP contribution in [0.2, 0.25) is 5.02 Å². The lowest BCUT2D eigenvalue weighted by Gasteiger charge is -2.23. The summed E-state index contributed by atoms with van der Waals surface area (Å²) >= 11 is 5.98. The number of halogens is 1. The quantitative estimate of drug-likeness (QED) is 0.721. The van der Waals surface area contributed by atoms with Gasteiger partial charge < -0.3 is 10.6 Å². The largest absolute Gasteiger partial charge is 0.350 e. The molecule has 0 aliphatic carbocycles. The first-order valence-electron chi connectivity index (χ1n) is 7.23. The lowest BCUT2D eigenvalue weighted by molar-refractivity contribution is -0.124. The van der Waals surface area contributed by atoms with Gasteiger partial charge in [0.2, 0.25) is 15.9 Å². The van der Waals surface area contributed by atoms with Gasteiger partial charge >= 0.3 is 0 Å². The average Bonchev–Trinajstić information content (AvgIpc) is 2.45. The number of nitrogens with one attached hydrogen (secondary N) is 3. The van der Waals surface area contributed by atoms with Crippen LogP contribution < -0.4 is 15.4 Å². The first kappa shape index (κ1) is 20.4. The molecule has 2 amide bonds. The number of amides is 2. The molecule has 134 valence electrons. The van der Waals surface area contributed by atoms with E-state index in [0.717, 1.165) is 6.07 Å². The Kier molecular flexibility index (Phi) is 6.38. The number of carbonyl (C=O) groups is 2. The third-order valence-corrected chi connectivity index (χ3v) is 4.74. The molecule has 0 saturated carbocycles. The maximum Gasteiger partial charge on any atom is 0.253 e. The van der Waals surface area contributed by atoms with E-state index < -0.39 is 27.5 Å². The van der Waals surface area contributed by atoms with Crippen LogP contribution in [0.4, 0.5) is 0 Å². The maximum atomic E-state index is 12.3. The number of hydrogen-bond acceptors (Lipinski definition) is 4. The Morgan fingerprint density at radius 3 is 2.29 bits per heavy atom. The van der Waals surface area contributed by atoms with Gasteiger partial charge in [0, 0.05) is 5.54 Å². The van der Waals surface area contributed by atoms with Crippen molar-refractivity contribution in [1.82, 2.24) is 15.4 Å². The second-order valence-corrected chi connectivity index (χ2v) is 8.58. The summed E-state index contributed by atoms with van der Waals surface area (Å²) in [5, 5.41) is 5.34. The monoisotopic (exact) mass is 375 g/mol. The van der Waals surface area contributed by atoms with E-state index in [0.29, 0.717) is 0 Å². The second-order valence-electron chi connectivity index (χ2n) is 6.28. The molecule has 3 N–H and O–H groups in total. The smallest absolute Gasteiger partial charge is 0.253 e. The fourth-order valence-electron chi connectivity index (χ4n) is 1.78. The Labute approximate surface area is 147 Å². The van der Waals surface area contributed by atoms with E-state index in [1.807, 2.05) is 20.8 Å². The van der Waals surface area contributed by atoms with Crippen LogP contribution in [0.5, 0.6) is 0 Å². The summed E-state index contributed by atoms with van der Waals surface area (Å²) in [6.45, 7) is 6.99. The second kappa shape index (κ2) is 7.50. The predicted octanol–water partition coefficient (Wildman–Crippen LogP) is 1.28. The van der Waals surface area contributed by atoms with E-state index in [4.69, 9.17) is 11.6 Å². The Morgan fingerprint density at radius 2 is 1.79 bits per heavy atom. The van der Waals surface area contributed by atoms with Crippen LogP contribution >= 0.6 is 11.6 Å². The highest BCUT2D eigenvalue weighted by atomic mass is 35.5. The van der Waals surface area contributed by atoms with Crippen molar-refractivity contribution < 1.29 is 18.0 Å². The maximum absolute atomic E-state index is 12.3. The van der Waals surface area contributed by atoms with Gasteiger partial charge in [0.25, 0.3) is 5.91 Å². The lowest BCUT2D eigenvalue weighted by Crippen LogP contribution is -2.50. The Bertz CT molecular complexity index is 742. The SMILES string of the molecule is CNS(=O)(=O)c1ccc(Cl)c(C(=O)NC(C)C(=O)NC(C)(C)C)c1. The van der Waals surface area contributed by atoms with Gasteiger partial charge in [-0.15, -0.1) is 0 Å². The summed E-state index contributed by atoms with van der Waals surface area (Å²) in [5.74, 6) is -0.990. The number of carbonyl (C=O) groups excluding carboxylic acids is 2. The molecular weight excluding hydrogens is 354 g/mol. The Morgan fingerprint density at radius 1 is 1.21 bits per heavy atom. The molecule has 7 nitrogen and oxygen atoms in total. The molecule has 0 saturated heterocycles. The Balaban J connectivity index is 3.00. The molecule has 0 fully saturated rings. The predicted molar refractivity (Wildman–Crippen MR) is 92.5 cm³/mol. The molecule has 9 heteroatoms. The van der Waals surface area contributed by atoms with Crippen LogP contribution in [0.3, 0.4) is 0 Å². The van der Waals surface area contributed by atoms with Gasteiger partial charge in [-0.25, -0.2) is 13.1 Å². The van der Waals surface area contributed by atoms with Crippen LogP contribution in [-0.4, -0.2) is 38.9 Å². The van der Waals surface area contributed by atoms with Gasteiger partial charge in [0.05, 0.1) is 15.5 Å². The van der Waals surface area contributed by atoms with Crippen molar-refractivity contribution in [3.63, 3.8) is 0 Å². The van der Waals surface area contributed by atoms with Gasteiger partial charge in [-0.3, -0.25) is 9.59 Å². The van der Waals surface area contributed by atoms with E-state index in [1.54, 1.807) is 0 Å². The van der Waals surface area contributed by atoms with Crippen molar-refractivity contribution in [2.45, 2.75) is 44.2 Å². The van der Waals surface area contributed by atoms with Crippen molar-refractivity contribution in [1.29, 1.82) is 0 Å². The highest BCUT2D eigenvalue weighted by Crippen LogP contribution is 2.20. The van der Waals surface area contributed by atoms with Crippen molar-refractivity contribution >= 4 is 33.4 Å². The average molecular weight is 376 g/mol. The molecule has 24 heavy (non-hydrogen) atoms. The summed E-state index contributed by atoms with van der Waals surface area (Å²) < 4.78 is 25.8. The zero-order valence-corrected chi connectivity index (χ0v) is 15.8. The fraction of sp³-hybridized carbons (Fsp3) is 0.467. The minimum absolute atomic E-state index is 0.0246. The van der Waals surface area contributed by atoms with E-state index in [1.165, 1.54) is 26.1 Å². The molecule has 1 rings (SSSR count). The summed E-state index contributed by atoms with van der Waals surface area (Å²) in [5.41, 5.74) is -0.461. The summed E-state index contributed by atoms with van der Waals surface area (Å²) in [7, 11) is -2.44. The Hall–Kier alpha value is -1.64. The van der Waals surface area contributed by atoms with Crippen molar-refractivity contribution in [2.24, 2.45) is 0 Å². The molecule has 0 aromatic heterocycles. The van der Waals surface area contributed by atoms with Crippen molar-refractivity contribution in [3.8, 4) is 0 Å². The molecule has 0 aliphatic rings. The summed E-state index contributed by atoms with van der Waals surface area (Å²) in [4.78, 5) is 24.2. The first-order valence-corrected chi connectivity index (χ1v) is 9.09. The minimum Gasteiger partial charge on any atom is -0.350 e. The lowest BCUT2D eigenvalue weighted by atomic mass is 10.1. The highest BCUT2D eigenvalue weighted by molar-refractivity contribution is 7.89. The van der Waals surface area contributed by atoms with Crippen molar-refractivity contribution in [2.75, 3.05) is 7.05 Å². The zero-order chi connectivity index (χ0) is 18.7. The van der Waals surface area contributed by atoms with E-state index in [2.05, 4.69) is 15.4 Å². The number of rotatable bonds is 5. The molecule has 0 radical (unpaired) electrons. The van der Waals surface area contributed by atoms with E-state index in [-0.39, 0.29) is 21.4 Å². The van der Waals surface area contributed by atoms with Crippen LogP contribution in [0.25, 0.3) is 0 Å². The van der Waals surface area contributed by atoms with Gasteiger partial charge in [0.1, 0.15) is 6.04 Å².